The molecule has 2 N–H and O–H groups in total. The lowest BCUT2D eigenvalue weighted by Gasteiger charge is -2.26. The van der Waals surface area contributed by atoms with Gasteiger partial charge in [-0.25, -0.2) is 4.98 Å². The monoisotopic (exact) mass is 390 g/mol. The first kappa shape index (κ1) is 17.2. The molecule has 2 heterocycles. The maximum absolute atomic E-state index is 12.1. The summed E-state index contributed by atoms with van der Waals surface area (Å²) in [5.74, 6) is 1.15. The van der Waals surface area contributed by atoms with Gasteiger partial charge < -0.3 is 15.2 Å². The van der Waals surface area contributed by atoms with E-state index in [1.165, 1.54) is 6.42 Å². The van der Waals surface area contributed by atoms with E-state index in [-0.39, 0.29) is 5.91 Å². The van der Waals surface area contributed by atoms with Crippen LogP contribution in [0.3, 0.4) is 0 Å². The van der Waals surface area contributed by atoms with Gasteiger partial charge in [-0.3, -0.25) is 4.79 Å². The fourth-order valence-electron chi connectivity index (χ4n) is 2.96. The van der Waals surface area contributed by atoms with Crippen LogP contribution >= 0.6 is 15.9 Å². The Hall–Kier alpha value is -1.66. The van der Waals surface area contributed by atoms with Crippen LogP contribution < -0.4 is 5.32 Å². The van der Waals surface area contributed by atoms with Crippen molar-refractivity contribution in [2.45, 2.75) is 32.2 Å². The SMILES string of the molecule is O=C(CCNCc1ncc(-c2cccc(Br)c2)[nH]1)N1CCCCC1. The molecule has 0 aliphatic carbocycles. The lowest BCUT2D eigenvalue weighted by atomic mass is 10.1. The fourth-order valence-corrected chi connectivity index (χ4v) is 3.36. The summed E-state index contributed by atoms with van der Waals surface area (Å²) in [6.45, 7) is 3.17. The summed E-state index contributed by atoms with van der Waals surface area (Å²) in [4.78, 5) is 21.8. The first-order valence-electron chi connectivity index (χ1n) is 8.51. The fraction of sp³-hybridized carbons (Fsp3) is 0.444. The van der Waals surface area contributed by atoms with Crippen molar-refractivity contribution < 1.29 is 4.79 Å². The number of imidazole rings is 1. The van der Waals surface area contributed by atoms with Gasteiger partial charge in [0.1, 0.15) is 5.82 Å². The highest BCUT2D eigenvalue weighted by atomic mass is 79.9. The van der Waals surface area contributed by atoms with Gasteiger partial charge in [0.15, 0.2) is 0 Å². The second kappa shape index (κ2) is 8.44. The van der Waals surface area contributed by atoms with Crippen molar-refractivity contribution in [3.63, 3.8) is 0 Å². The molecule has 3 rings (SSSR count). The topological polar surface area (TPSA) is 61.0 Å². The van der Waals surface area contributed by atoms with Crippen LogP contribution in [0, 0.1) is 0 Å². The molecule has 1 amide bonds. The number of aromatic amines is 1. The van der Waals surface area contributed by atoms with Gasteiger partial charge >= 0.3 is 0 Å². The van der Waals surface area contributed by atoms with Crippen molar-refractivity contribution in [1.29, 1.82) is 0 Å². The Bertz CT molecular complexity index is 679. The number of nitrogens with one attached hydrogen (secondary N) is 2. The summed E-state index contributed by atoms with van der Waals surface area (Å²) in [5, 5.41) is 3.30. The Kier molecular flexibility index (Phi) is 6.04. The molecular formula is C18H23BrN4O. The van der Waals surface area contributed by atoms with E-state index in [4.69, 9.17) is 0 Å². The minimum absolute atomic E-state index is 0.261. The molecule has 1 aliphatic heterocycles. The highest BCUT2D eigenvalue weighted by Gasteiger charge is 2.15. The number of nitrogens with zero attached hydrogens (tertiary/aromatic N) is 2. The van der Waals surface area contributed by atoms with Gasteiger partial charge in [-0.2, -0.15) is 0 Å². The van der Waals surface area contributed by atoms with E-state index >= 15 is 0 Å². The predicted octanol–water partition coefficient (Wildman–Crippen LogP) is 3.33. The van der Waals surface area contributed by atoms with E-state index in [9.17, 15) is 4.79 Å². The zero-order valence-electron chi connectivity index (χ0n) is 13.7. The second-order valence-electron chi connectivity index (χ2n) is 6.12. The van der Waals surface area contributed by atoms with E-state index in [0.29, 0.717) is 19.5 Å². The van der Waals surface area contributed by atoms with Crippen LogP contribution in [0.15, 0.2) is 34.9 Å². The highest BCUT2D eigenvalue weighted by molar-refractivity contribution is 9.10. The Morgan fingerprint density at radius 1 is 1.29 bits per heavy atom. The van der Waals surface area contributed by atoms with Crippen LogP contribution in [0.5, 0.6) is 0 Å². The molecule has 0 unspecified atom stereocenters. The third-order valence-electron chi connectivity index (χ3n) is 4.28. The van der Waals surface area contributed by atoms with Gasteiger partial charge in [0.2, 0.25) is 5.91 Å². The standard InChI is InChI=1S/C18H23BrN4O/c19-15-6-4-5-14(11-15)16-12-21-17(22-16)13-20-8-7-18(24)23-9-2-1-3-10-23/h4-6,11-12,20H,1-3,7-10,13H2,(H,21,22). The number of hydrogen-bond donors (Lipinski definition) is 2. The minimum Gasteiger partial charge on any atom is -0.343 e. The summed E-state index contributed by atoms with van der Waals surface area (Å²) in [7, 11) is 0. The van der Waals surface area contributed by atoms with Crippen LogP contribution in [0.2, 0.25) is 0 Å². The van der Waals surface area contributed by atoms with E-state index in [1.807, 2.05) is 29.3 Å². The molecule has 5 nitrogen and oxygen atoms in total. The molecule has 128 valence electrons. The van der Waals surface area contributed by atoms with E-state index in [0.717, 1.165) is 47.5 Å². The van der Waals surface area contributed by atoms with Crippen molar-refractivity contribution >= 4 is 21.8 Å². The smallest absolute Gasteiger partial charge is 0.223 e. The Balaban J connectivity index is 1.43. The number of aromatic nitrogens is 2. The van der Waals surface area contributed by atoms with Crippen molar-refractivity contribution in [3.8, 4) is 11.3 Å². The van der Waals surface area contributed by atoms with Crippen LogP contribution in [-0.4, -0.2) is 40.4 Å². The van der Waals surface area contributed by atoms with Crippen LogP contribution in [-0.2, 0) is 11.3 Å². The average molecular weight is 391 g/mol. The first-order chi connectivity index (χ1) is 11.7. The van der Waals surface area contributed by atoms with Crippen LogP contribution in [0.1, 0.15) is 31.5 Å². The number of piperidine rings is 1. The number of carbonyl (C=O) groups excluding carboxylic acids is 1. The quantitative estimate of drug-likeness (QED) is 0.743. The molecule has 1 saturated heterocycles. The van der Waals surface area contributed by atoms with Crippen LogP contribution in [0.25, 0.3) is 11.3 Å². The summed E-state index contributed by atoms with van der Waals surface area (Å²) in [6.07, 6.45) is 5.94. The van der Waals surface area contributed by atoms with E-state index in [1.54, 1.807) is 0 Å². The molecular weight excluding hydrogens is 368 g/mol. The third-order valence-corrected chi connectivity index (χ3v) is 4.77. The van der Waals surface area contributed by atoms with Gasteiger partial charge in [0.25, 0.3) is 0 Å². The molecule has 1 aromatic carbocycles. The minimum atomic E-state index is 0.261. The van der Waals surface area contributed by atoms with E-state index in [2.05, 4.69) is 37.3 Å². The summed E-state index contributed by atoms with van der Waals surface area (Å²) in [6, 6.07) is 8.11. The molecule has 6 heteroatoms. The van der Waals surface area contributed by atoms with Crippen molar-refractivity contribution in [2.75, 3.05) is 19.6 Å². The third kappa shape index (κ3) is 4.68. The zero-order chi connectivity index (χ0) is 16.8. The summed E-state index contributed by atoms with van der Waals surface area (Å²) >= 11 is 3.48. The highest BCUT2D eigenvalue weighted by Crippen LogP contribution is 2.21. The number of carbonyl (C=O) groups is 1. The number of amides is 1. The maximum Gasteiger partial charge on any atom is 0.223 e. The molecule has 0 radical (unpaired) electrons. The maximum atomic E-state index is 12.1. The Morgan fingerprint density at radius 3 is 2.92 bits per heavy atom. The number of halogens is 1. The molecule has 0 spiro atoms. The van der Waals surface area contributed by atoms with Gasteiger partial charge in [0, 0.05) is 36.1 Å². The largest absolute Gasteiger partial charge is 0.343 e. The molecule has 0 saturated carbocycles. The Labute approximate surface area is 151 Å². The molecule has 24 heavy (non-hydrogen) atoms. The first-order valence-corrected chi connectivity index (χ1v) is 9.30. The van der Waals surface area contributed by atoms with E-state index < -0.39 is 0 Å². The number of H-pyrrole nitrogens is 1. The number of likely N-dealkylation sites (tertiary alicyclic amines) is 1. The number of hydrogen-bond acceptors (Lipinski definition) is 3. The molecule has 1 fully saturated rings. The number of rotatable bonds is 6. The lowest BCUT2D eigenvalue weighted by molar-refractivity contribution is -0.131. The normalized spacial score (nSPS) is 14.8. The Morgan fingerprint density at radius 2 is 2.12 bits per heavy atom. The molecule has 0 atom stereocenters. The molecule has 0 bridgehead atoms. The number of benzene rings is 1. The molecule has 2 aromatic rings. The molecule has 1 aliphatic rings. The zero-order valence-corrected chi connectivity index (χ0v) is 15.3. The van der Waals surface area contributed by atoms with Crippen LogP contribution in [0.4, 0.5) is 0 Å². The van der Waals surface area contributed by atoms with Crippen molar-refractivity contribution in [1.82, 2.24) is 20.2 Å². The lowest BCUT2D eigenvalue weighted by Crippen LogP contribution is -2.37. The summed E-state index contributed by atoms with van der Waals surface area (Å²) in [5.41, 5.74) is 2.10. The predicted molar refractivity (Wildman–Crippen MR) is 98.5 cm³/mol. The second-order valence-corrected chi connectivity index (χ2v) is 7.04. The van der Waals surface area contributed by atoms with Crippen molar-refractivity contribution in [2.24, 2.45) is 0 Å². The molecule has 1 aromatic heterocycles. The average Bonchev–Trinajstić information content (AvgIpc) is 3.08. The van der Waals surface area contributed by atoms with Gasteiger partial charge in [-0.15, -0.1) is 0 Å². The van der Waals surface area contributed by atoms with Gasteiger partial charge in [-0.1, -0.05) is 28.1 Å². The van der Waals surface area contributed by atoms with Gasteiger partial charge in [0.05, 0.1) is 18.4 Å². The van der Waals surface area contributed by atoms with Crippen molar-refractivity contribution in [3.05, 3.63) is 40.8 Å². The van der Waals surface area contributed by atoms with Gasteiger partial charge in [-0.05, 0) is 31.4 Å². The summed E-state index contributed by atoms with van der Waals surface area (Å²) < 4.78 is 1.05.